The Bertz CT molecular complexity index is 2120. The summed E-state index contributed by atoms with van der Waals surface area (Å²) >= 11 is 0. The highest BCUT2D eigenvalue weighted by atomic mass is 19.3. The van der Waals surface area contributed by atoms with Gasteiger partial charge in [-0.2, -0.15) is 5.26 Å². The molecule has 3 aliphatic rings. The molecule has 3 saturated heterocycles. The minimum Gasteiger partial charge on any atom is -0.494 e. The van der Waals surface area contributed by atoms with Crippen LogP contribution in [-0.4, -0.2) is 219 Å². The molecule has 0 spiro atoms. The van der Waals surface area contributed by atoms with Crippen LogP contribution in [0.2, 0.25) is 0 Å². The molecule has 0 unspecified atom stereocenters. The van der Waals surface area contributed by atoms with E-state index in [1.54, 1.807) is 40.1 Å². The maximum absolute atomic E-state index is 13.8. The van der Waals surface area contributed by atoms with E-state index in [2.05, 4.69) is 15.2 Å². The van der Waals surface area contributed by atoms with Gasteiger partial charge in [0.15, 0.2) is 0 Å². The third-order valence-electron chi connectivity index (χ3n) is 12.1. The van der Waals surface area contributed by atoms with Gasteiger partial charge < -0.3 is 40.3 Å². The topological polar surface area (TPSA) is 278 Å². The Morgan fingerprint density at radius 3 is 2.04 bits per heavy atom. The maximum atomic E-state index is 13.8. The Balaban J connectivity index is 1.10. The number of carboxylic acids is 4. The molecule has 4 heterocycles. The minimum atomic E-state index is -3.18. The summed E-state index contributed by atoms with van der Waals surface area (Å²) < 4.78 is 33.6. The first-order chi connectivity index (χ1) is 31.9. The number of pyridine rings is 1. The fourth-order valence-electron chi connectivity index (χ4n) is 8.84. The van der Waals surface area contributed by atoms with Crippen molar-refractivity contribution in [3.8, 4) is 22.9 Å². The number of amides is 3. The first kappa shape index (κ1) is 51.6. The molecule has 364 valence electrons. The number of hydrogen-bond acceptors (Lipinski definition) is 14. The normalized spacial score (nSPS) is 20.2. The van der Waals surface area contributed by atoms with Gasteiger partial charge in [0, 0.05) is 95.2 Å². The number of aliphatic carboxylic acids is 4. The smallest absolute Gasteiger partial charge is 0.317 e. The molecule has 0 bridgehead atoms. The highest BCUT2D eigenvalue weighted by Crippen LogP contribution is 2.32. The lowest BCUT2D eigenvalue weighted by Gasteiger charge is -2.45. The molecule has 0 aliphatic carbocycles. The predicted molar refractivity (Wildman–Crippen MR) is 232 cm³/mol. The summed E-state index contributed by atoms with van der Waals surface area (Å²) in [6.07, 6.45) is 3.37. The summed E-state index contributed by atoms with van der Waals surface area (Å²) in [7, 11) is 0. The zero-order valence-electron chi connectivity index (χ0n) is 37.1. The number of piperazine rings is 1. The van der Waals surface area contributed by atoms with Gasteiger partial charge in [0.2, 0.25) is 11.8 Å². The molecule has 3 fully saturated rings. The fraction of sp³-hybridized carbons (Fsp3) is 0.568. The van der Waals surface area contributed by atoms with Crippen LogP contribution in [0, 0.1) is 11.3 Å². The molecule has 21 nitrogen and oxygen atoms in total. The molecule has 0 radical (unpaired) electrons. The number of aromatic nitrogens is 1. The highest BCUT2D eigenvalue weighted by molar-refractivity contribution is 6.02. The molecule has 2 atom stereocenters. The molecule has 67 heavy (non-hydrogen) atoms. The van der Waals surface area contributed by atoms with Gasteiger partial charge in [-0.15, -0.1) is 0 Å². The second kappa shape index (κ2) is 23.9. The van der Waals surface area contributed by atoms with Crippen LogP contribution in [-0.2, 0) is 28.8 Å². The van der Waals surface area contributed by atoms with Crippen molar-refractivity contribution in [3.05, 3.63) is 48.3 Å². The summed E-state index contributed by atoms with van der Waals surface area (Å²) in [6.45, 7) is 0.471. The number of nitriles is 1. The minimum absolute atomic E-state index is 0.00634. The van der Waals surface area contributed by atoms with Crippen LogP contribution in [0.4, 0.5) is 8.78 Å². The van der Waals surface area contributed by atoms with Gasteiger partial charge in [-0.3, -0.25) is 58.1 Å². The SMILES string of the molecule is N#C[C@@H]1CC(F)(F)CN1C(=O)CNC(=O)c1ccncc1-c1ccc(OCCCN2CCN(C(=O)CN3CCN(CC(=O)O)C[C@@](CCCCC(=O)O)(N(CC(=O)O)CC(=O)O)C3)CC2)cc1. The molecule has 1 aromatic heterocycles. The molecule has 0 saturated carbocycles. The molecule has 5 rings (SSSR count). The van der Waals surface area contributed by atoms with Crippen molar-refractivity contribution in [2.45, 2.75) is 56.0 Å². The Morgan fingerprint density at radius 1 is 0.791 bits per heavy atom. The van der Waals surface area contributed by atoms with E-state index in [-0.39, 0.29) is 63.5 Å². The number of ether oxygens (including phenoxy) is 1. The molecule has 1 aromatic carbocycles. The number of alkyl halides is 2. The van der Waals surface area contributed by atoms with Gasteiger partial charge in [0.25, 0.3) is 11.8 Å². The summed E-state index contributed by atoms with van der Waals surface area (Å²) in [6, 6.07) is 8.87. The number of rotatable bonds is 23. The van der Waals surface area contributed by atoms with Crippen LogP contribution in [0.1, 0.15) is 48.9 Å². The lowest BCUT2D eigenvalue weighted by Crippen LogP contribution is -2.62. The predicted octanol–water partition coefficient (Wildman–Crippen LogP) is 0.708. The molecular weight excluding hydrogens is 885 g/mol. The van der Waals surface area contributed by atoms with Crippen LogP contribution in [0.15, 0.2) is 42.7 Å². The second-order valence-electron chi connectivity index (χ2n) is 17.1. The average Bonchev–Trinajstić information content (AvgIpc) is 3.50. The summed E-state index contributed by atoms with van der Waals surface area (Å²) in [5, 5.41) is 50.1. The van der Waals surface area contributed by atoms with Crippen molar-refractivity contribution in [1.29, 1.82) is 5.26 Å². The van der Waals surface area contributed by atoms with E-state index in [1.807, 2.05) is 4.90 Å². The van der Waals surface area contributed by atoms with Crippen molar-refractivity contribution in [3.63, 3.8) is 0 Å². The van der Waals surface area contributed by atoms with Gasteiger partial charge in [-0.05, 0) is 43.0 Å². The quantitative estimate of drug-likeness (QED) is 0.0960. The molecule has 3 aliphatic heterocycles. The zero-order chi connectivity index (χ0) is 48.7. The van der Waals surface area contributed by atoms with Gasteiger partial charge in [0.1, 0.15) is 11.8 Å². The lowest BCUT2D eigenvalue weighted by atomic mass is 9.88. The molecule has 3 amide bonds. The first-order valence-electron chi connectivity index (χ1n) is 22.0. The van der Waals surface area contributed by atoms with Gasteiger partial charge in [-0.1, -0.05) is 18.6 Å². The average molecular weight is 942 g/mol. The summed E-state index contributed by atoms with van der Waals surface area (Å²) in [5.74, 6) is -8.91. The molecular formula is C44H57F2N9O12. The van der Waals surface area contributed by atoms with Crippen LogP contribution in [0.3, 0.4) is 0 Å². The number of nitrogens with one attached hydrogen (secondary N) is 1. The van der Waals surface area contributed by atoms with Gasteiger partial charge >= 0.3 is 23.9 Å². The molecule has 23 heteroatoms. The largest absolute Gasteiger partial charge is 0.494 e. The Kier molecular flexibility index (Phi) is 18.4. The van der Waals surface area contributed by atoms with Crippen molar-refractivity contribution < 1.29 is 67.5 Å². The van der Waals surface area contributed by atoms with Crippen molar-refractivity contribution in [2.75, 3.05) is 105 Å². The second-order valence-corrected chi connectivity index (χ2v) is 17.1. The zero-order valence-corrected chi connectivity index (χ0v) is 37.1. The highest BCUT2D eigenvalue weighted by Gasteiger charge is 2.47. The number of carbonyl (C=O) groups excluding carboxylic acids is 3. The number of nitrogens with zero attached hydrogens (tertiary/aromatic N) is 8. The van der Waals surface area contributed by atoms with Crippen LogP contribution < -0.4 is 10.1 Å². The third kappa shape index (κ3) is 15.3. The Labute approximate surface area is 385 Å². The summed E-state index contributed by atoms with van der Waals surface area (Å²) in [5.41, 5.74) is 0.0798. The van der Waals surface area contributed by atoms with E-state index in [9.17, 15) is 68.0 Å². The van der Waals surface area contributed by atoms with Gasteiger partial charge in [0.05, 0.1) is 57.5 Å². The number of hydrogen-bond donors (Lipinski definition) is 5. The van der Waals surface area contributed by atoms with E-state index < -0.39 is 92.3 Å². The monoisotopic (exact) mass is 941 g/mol. The standard InChI is InChI=1S/C44H57F2N9O12/c45-44(46)20-32(21-47)55(30-44)36(56)23-49-42(66)34-9-11-48-22-35(34)31-5-7-33(8-6-31)67-19-3-12-50-15-17-53(18-16-50)37(57)24-51-13-14-52(25-39(60)61)29-43(28-51,10-2-1-4-38(58)59)54(26-40(62)63)27-41(64)65/h5-9,11,22,32H,1-4,10,12-20,23-30H2,(H,49,66)(H,58,59)(H,60,61)(H,62,63)(H,64,65)/t32-,43-/m0/s1. The van der Waals surface area contributed by atoms with E-state index in [4.69, 9.17) is 4.74 Å². The maximum Gasteiger partial charge on any atom is 0.317 e. The third-order valence-corrected chi connectivity index (χ3v) is 12.1. The van der Waals surface area contributed by atoms with E-state index in [1.165, 1.54) is 23.4 Å². The molecule has 5 N–H and O–H groups in total. The van der Waals surface area contributed by atoms with E-state index >= 15 is 0 Å². The van der Waals surface area contributed by atoms with Crippen molar-refractivity contribution >= 4 is 41.6 Å². The molecule has 2 aromatic rings. The van der Waals surface area contributed by atoms with Crippen molar-refractivity contribution in [1.82, 2.24) is 39.7 Å². The Hall–Kier alpha value is -6.35. The number of halogens is 2. The van der Waals surface area contributed by atoms with E-state index in [0.717, 1.165) is 4.90 Å². The number of carbonyl (C=O) groups is 7. The van der Waals surface area contributed by atoms with Crippen molar-refractivity contribution in [2.24, 2.45) is 0 Å². The van der Waals surface area contributed by atoms with E-state index in [0.29, 0.717) is 69.0 Å². The Morgan fingerprint density at radius 2 is 1.43 bits per heavy atom. The van der Waals surface area contributed by atoms with Crippen LogP contribution in [0.5, 0.6) is 5.75 Å². The number of likely N-dealkylation sites (tertiary alicyclic amines) is 1. The first-order valence-corrected chi connectivity index (χ1v) is 22.0. The lowest BCUT2D eigenvalue weighted by molar-refractivity contribution is -0.147. The van der Waals surface area contributed by atoms with Crippen LogP contribution in [0.25, 0.3) is 11.1 Å². The fourth-order valence-corrected chi connectivity index (χ4v) is 8.84. The summed E-state index contributed by atoms with van der Waals surface area (Å²) in [4.78, 5) is 100. The number of benzene rings is 1. The van der Waals surface area contributed by atoms with Gasteiger partial charge in [-0.25, -0.2) is 8.78 Å². The van der Waals surface area contributed by atoms with Crippen LogP contribution >= 0.6 is 0 Å². The number of carboxylic acid groups (broad SMARTS) is 4. The number of unbranched alkanes of at least 4 members (excludes halogenated alkanes) is 1.